The van der Waals surface area contributed by atoms with Crippen LogP contribution in [0.2, 0.25) is 0 Å². The van der Waals surface area contributed by atoms with E-state index in [0.717, 1.165) is 6.42 Å². The van der Waals surface area contributed by atoms with Crippen molar-refractivity contribution in [3.8, 4) is 0 Å². The van der Waals surface area contributed by atoms with Crippen molar-refractivity contribution in [3.63, 3.8) is 0 Å². The van der Waals surface area contributed by atoms with Crippen LogP contribution in [0.1, 0.15) is 22.7 Å². The molecular weight excluding hydrogens is 270 g/mol. The number of benzene rings is 2. The number of aliphatic hydroxyl groups is 1. The summed E-state index contributed by atoms with van der Waals surface area (Å²) in [6, 6.07) is 19.3. The molecule has 0 fully saturated rings. The third kappa shape index (κ3) is 4.97. The van der Waals surface area contributed by atoms with Gasteiger partial charge in [0.25, 0.3) is 0 Å². The number of hydrogen-bond acceptors (Lipinski definition) is 2. The fraction of sp³-hybridized carbons (Fsp3) is 0.294. The van der Waals surface area contributed by atoms with E-state index in [1.165, 1.54) is 16.7 Å². The molecule has 0 aliphatic heterocycles. The lowest BCUT2D eigenvalue weighted by atomic mass is 9.98. The van der Waals surface area contributed by atoms with Crippen molar-refractivity contribution in [1.29, 1.82) is 0 Å². The lowest BCUT2D eigenvalue weighted by Crippen LogP contribution is -2.26. The summed E-state index contributed by atoms with van der Waals surface area (Å²) in [4.78, 5) is 0. The first-order chi connectivity index (χ1) is 9.29. The van der Waals surface area contributed by atoms with Crippen molar-refractivity contribution in [2.45, 2.75) is 19.4 Å². The second-order valence-electron chi connectivity index (χ2n) is 4.83. The van der Waals surface area contributed by atoms with E-state index < -0.39 is 0 Å². The Balaban J connectivity index is 0.00000200. The summed E-state index contributed by atoms with van der Waals surface area (Å²) in [5.74, 6) is 0. The summed E-state index contributed by atoms with van der Waals surface area (Å²) >= 11 is 0. The zero-order chi connectivity index (χ0) is 13.5. The van der Waals surface area contributed by atoms with Crippen LogP contribution in [0.5, 0.6) is 0 Å². The van der Waals surface area contributed by atoms with Gasteiger partial charge in [-0.3, -0.25) is 0 Å². The van der Waals surface area contributed by atoms with Gasteiger partial charge in [0.15, 0.2) is 0 Å². The maximum Gasteiger partial charge on any atom is 0.0556 e. The van der Waals surface area contributed by atoms with E-state index in [-0.39, 0.29) is 25.1 Å². The van der Waals surface area contributed by atoms with Gasteiger partial charge in [0.2, 0.25) is 0 Å². The number of aryl methyl sites for hydroxylation is 1. The minimum atomic E-state index is 0. The van der Waals surface area contributed by atoms with Crippen molar-refractivity contribution < 1.29 is 5.11 Å². The van der Waals surface area contributed by atoms with Crippen LogP contribution in [-0.2, 0) is 6.42 Å². The smallest absolute Gasteiger partial charge is 0.0556 e. The highest BCUT2D eigenvalue weighted by Crippen LogP contribution is 2.18. The normalized spacial score (nSPS) is 11.7. The van der Waals surface area contributed by atoms with Crippen LogP contribution in [0, 0.1) is 6.92 Å². The number of halogens is 1. The average molecular weight is 292 g/mol. The van der Waals surface area contributed by atoms with Crippen LogP contribution < -0.4 is 5.32 Å². The van der Waals surface area contributed by atoms with Crippen molar-refractivity contribution in [2.24, 2.45) is 0 Å². The van der Waals surface area contributed by atoms with E-state index in [4.69, 9.17) is 5.11 Å². The molecule has 0 aliphatic rings. The van der Waals surface area contributed by atoms with E-state index in [2.05, 4.69) is 60.8 Å². The van der Waals surface area contributed by atoms with E-state index in [1.54, 1.807) is 0 Å². The SMILES string of the molecule is Cc1ccc(C(Cc2ccccc2)NCCO)cc1.Cl. The zero-order valence-electron chi connectivity index (χ0n) is 11.8. The molecule has 0 spiro atoms. The number of nitrogens with one attached hydrogen (secondary N) is 1. The molecular formula is C17H22ClNO. The van der Waals surface area contributed by atoms with Gasteiger partial charge in [0.1, 0.15) is 0 Å². The summed E-state index contributed by atoms with van der Waals surface area (Å²) in [5, 5.41) is 12.4. The molecule has 0 heterocycles. The largest absolute Gasteiger partial charge is 0.395 e. The van der Waals surface area contributed by atoms with Gasteiger partial charge in [0.05, 0.1) is 6.61 Å². The highest BCUT2D eigenvalue weighted by molar-refractivity contribution is 5.85. The molecule has 0 radical (unpaired) electrons. The quantitative estimate of drug-likeness (QED) is 0.856. The van der Waals surface area contributed by atoms with Crippen LogP contribution in [-0.4, -0.2) is 18.3 Å². The molecule has 0 saturated carbocycles. The number of rotatable bonds is 6. The van der Waals surface area contributed by atoms with E-state index in [1.807, 2.05) is 6.07 Å². The van der Waals surface area contributed by atoms with Gasteiger partial charge in [-0.25, -0.2) is 0 Å². The number of aliphatic hydroxyl groups excluding tert-OH is 1. The van der Waals surface area contributed by atoms with Crippen LogP contribution in [0.3, 0.4) is 0 Å². The zero-order valence-corrected chi connectivity index (χ0v) is 12.6. The number of hydrogen-bond donors (Lipinski definition) is 2. The molecule has 1 unspecified atom stereocenters. The first-order valence-corrected chi connectivity index (χ1v) is 6.74. The Bertz CT molecular complexity index is 484. The highest BCUT2D eigenvalue weighted by atomic mass is 35.5. The third-order valence-electron chi connectivity index (χ3n) is 3.26. The van der Waals surface area contributed by atoms with Crippen LogP contribution in [0.15, 0.2) is 54.6 Å². The maximum absolute atomic E-state index is 9.01. The monoisotopic (exact) mass is 291 g/mol. The predicted molar refractivity (Wildman–Crippen MR) is 86.4 cm³/mol. The molecule has 2 nitrogen and oxygen atoms in total. The summed E-state index contributed by atoms with van der Waals surface area (Å²) < 4.78 is 0. The van der Waals surface area contributed by atoms with Crippen molar-refractivity contribution in [3.05, 3.63) is 71.3 Å². The topological polar surface area (TPSA) is 32.3 Å². The summed E-state index contributed by atoms with van der Waals surface area (Å²) in [7, 11) is 0. The lowest BCUT2D eigenvalue weighted by Gasteiger charge is -2.19. The lowest BCUT2D eigenvalue weighted by molar-refractivity contribution is 0.284. The standard InChI is InChI=1S/C17H21NO.ClH/c1-14-7-9-16(10-8-14)17(18-11-12-19)13-15-5-3-2-4-6-15;/h2-10,17-19H,11-13H2,1H3;1H. The fourth-order valence-corrected chi connectivity index (χ4v) is 2.20. The Labute approximate surface area is 127 Å². The molecule has 20 heavy (non-hydrogen) atoms. The molecule has 0 amide bonds. The fourth-order valence-electron chi connectivity index (χ4n) is 2.20. The van der Waals surface area contributed by atoms with Crippen LogP contribution >= 0.6 is 12.4 Å². The first kappa shape index (κ1) is 16.7. The first-order valence-electron chi connectivity index (χ1n) is 6.74. The van der Waals surface area contributed by atoms with Gasteiger partial charge in [-0.15, -0.1) is 12.4 Å². The summed E-state index contributed by atoms with van der Waals surface area (Å²) in [5.41, 5.74) is 3.84. The average Bonchev–Trinajstić information content (AvgIpc) is 2.45. The molecule has 108 valence electrons. The Morgan fingerprint density at radius 2 is 1.65 bits per heavy atom. The summed E-state index contributed by atoms with van der Waals surface area (Å²) in [6.45, 7) is 2.87. The minimum absolute atomic E-state index is 0. The molecule has 2 aromatic rings. The van der Waals surface area contributed by atoms with Gasteiger partial charge in [-0.1, -0.05) is 60.2 Å². The summed E-state index contributed by atoms with van der Waals surface area (Å²) in [6.07, 6.45) is 0.934. The van der Waals surface area contributed by atoms with Gasteiger partial charge in [-0.05, 0) is 24.5 Å². The van der Waals surface area contributed by atoms with Gasteiger partial charge >= 0.3 is 0 Å². The molecule has 0 saturated heterocycles. The molecule has 2 N–H and O–H groups in total. The Hall–Kier alpha value is -1.35. The van der Waals surface area contributed by atoms with E-state index in [0.29, 0.717) is 6.54 Å². The Morgan fingerprint density at radius 3 is 2.25 bits per heavy atom. The van der Waals surface area contributed by atoms with E-state index in [9.17, 15) is 0 Å². The van der Waals surface area contributed by atoms with Crippen LogP contribution in [0.4, 0.5) is 0 Å². The second kappa shape index (κ2) is 8.75. The van der Waals surface area contributed by atoms with E-state index >= 15 is 0 Å². The third-order valence-corrected chi connectivity index (χ3v) is 3.26. The Kier molecular flexibility index (Phi) is 7.31. The second-order valence-corrected chi connectivity index (χ2v) is 4.83. The van der Waals surface area contributed by atoms with Gasteiger partial charge in [0, 0.05) is 12.6 Å². The molecule has 3 heteroatoms. The molecule has 0 aromatic heterocycles. The molecule has 0 aliphatic carbocycles. The van der Waals surface area contributed by atoms with Crippen LogP contribution in [0.25, 0.3) is 0 Å². The predicted octanol–water partition coefficient (Wildman–Crippen LogP) is 3.28. The maximum atomic E-state index is 9.01. The molecule has 0 bridgehead atoms. The Morgan fingerprint density at radius 1 is 1.00 bits per heavy atom. The van der Waals surface area contributed by atoms with Crippen molar-refractivity contribution >= 4 is 12.4 Å². The molecule has 2 rings (SSSR count). The molecule has 1 atom stereocenters. The molecule has 2 aromatic carbocycles. The van der Waals surface area contributed by atoms with Crippen molar-refractivity contribution in [2.75, 3.05) is 13.2 Å². The minimum Gasteiger partial charge on any atom is -0.395 e. The van der Waals surface area contributed by atoms with Crippen molar-refractivity contribution in [1.82, 2.24) is 5.32 Å². The van der Waals surface area contributed by atoms with Gasteiger partial charge < -0.3 is 10.4 Å². The highest BCUT2D eigenvalue weighted by Gasteiger charge is 2.11. The van der Waals surface area contributed by atoms with Gasteiger partial charge in [-0.2, -0.15) is 0 Å².